The van der Waals surface area contributed by atoms with E-state index in [9.17, 15) is 13.2 Å². The van der Waals surface area contributed by atoms with Gasteiger partial charge < -0.3 is 5.32 Å². The van der Waals surface area contributed by atoms with Crippen molar-refractivity contribution in [3.63, 3.8) is 0 Å². The summed E-state index contributed by atoms with van der Waals surface area (Å²) < 4.78 is 25.5. The summed E-state index contributed by atoms with van der Waals surface area (Å²) in [5, 5.41) is 3.32. The van der Waals surface area contributed by atoms with Crippen molar-refractivity contribution in [2.24, 2.45) is 4.36 Å². The van der Waals surface area contributed by atoms with Gasteiger partial charge in [0.1, 0.15) is 0 Å². The van der Waals surface area contributed by atoms with Gasteiger partial charge in [0, 0.05) is 13.1 Å². The molecule has 0 aliphatic heterocycles. The quantitative estimate of drug-likeness (QED) is 0.466. The number of hydrogen-bond donors (Lipinski definition) is 1. The molecule has 0 heterocycles. The number of unbranched alkanes of at least 4 members (excludes halogenated alkanes) is 3. The molecular weight excluding hydrogens is 394 g/mol. The van der Waals surface area contributed by atoms with E-state index in [0.29, 0.717) is 16.4 Å². The molecule has 1 aromatic carbocycles. The van der Waals surface area contributed by atoms with Crippen LogP contribution in [0, 0.1) is 6.92 Å². The average molecular weight is 426 g/mol. The fourth-order valence-corrected chi connectivity index (χ4v) is 3.69. The standard InChI is InChI=1S/C20H31N3O3S2/c1-6-7-8-9-10-15(3)23(20(27)21-5)19(24)16(4)17-12-11-14(2)18(13-17)22-28(25)26/h11-13,15-16H,6-10H2,1-5H3,(H,21,27). The van der Waals surface area contributed by atoms with E-state index in [1.165, 1.54) is 6.42 Å². The van der Waals surface area contributed by atoms with Crippen LogP contribution >= 0.6 is 12.2 Å². The summed E-state index contributed by atoms with van der Waals surface area (Å²) >= 11 is 5.40. The Labute approximate surface area is 175 Å². The maximum atomic E-state index is 13.2. The van der Waals surface area contributed by atoms with Crippen LogP contribution in [0.5, 0.6) is 0 Å². The van der Waals surface area contributed by atoms with Gasteiger partial charge in [0.2, 0.25) is 5.91 Å². The lowest BCUT2D eigenvalue weighted by Crippen LogP contribution is -2.49. The van der Waals surface area contributed by atoms with Gasteiger partial charge in [0.15, 0.2) is 5.11 Å². The lowest BCUT2D eigenvalue weighted by atomic mass is 9.96. The molecule has 1 rings (SSSR count). The molecule has 1 aromatic rings. The molecule has 0 saturated heterocycles. The first-order chi connectivity index (χ1) is 13.2. The number of rotatable bonds is 9. The van der Waals surface area contributed by atoms with Gasteiger partial charge in [-0.2, -0.15) is 8.42 Å². The Morgan fingerprint density at radius 3 is 2.50 bits per heavy atom. The molecular formula is C20H31N3O3S2. The van der Waals surface area contributed by atoms with Crippen molar-refractivity contribution >= 4 is 39.4 Å². The van der Waals surface area contributed by atoms with Gasteiger partial charge in [-0.05, 0) is 56.6 Å². The SMILES string of the molecule is CCCCCCC(C)N(C(=O)C(C)c1ccc(C)c(N=S(=O)=O)c1)C(=S)NC. The highest BCUT2D eigenvalue weighted by Crippen LogP contribution is 2.27. The maximum Gasteiger partial charge on any atom is 0.316 e. The first-order valence-corrected chi connectivity index (χ1v) is 11.1. The minimum absolute atomic E-state index is 0.0180. The molecule has 0 aromatic heterocycles. The smallest absolute Gasteiger partial charge is 0.316 e. The molecule has 0 saturated carbocycles. The van der Waals surface area contributed by atoms with E-state index in [4.69, 9.17) is 12.2 Å². The Morgan fingerprint density at radius 2 is 1.93 bits per heavy atom. The van der Waals surface area contributed by atoms with Crippen LogP contribution in [0.4, 0.5) is 5.69 Å². The Morgan fingerprint density at radius 1 is 1.25 bits per heavy atom. The van der Waals surface area contributed by atoms with Crippen molar-refractivity contribution in [2.45, 2.75) is 71.8 Å². The van der Waals surface area contributed by atoms with Gasteiger partial charge in [0.25, 0.3) is 0 Å². The van der Waals surface area contributed by atoms with Crippen LogP contribution in [0.25, 0.3) is 0 Å². The van der Waals surface area contributed by atoms with Crippen LogP contribution in [0.3, 0.4) is 0 Å². The van der Waals surface area contributed by atoms with Gasteiger partial charge in [-0.1, -0.05) is 44.7 Å². The maximum absolute atomic E-state index is 13.2. The van der Waals surface area contributed by atoms with Crippen molar-refractivity contribution in [3.8, 4) is 0 Å². The second kappa shape index (κ2) is 11.9. The number of amides is 1. The van der Waals surface area contributed by atoms with Crippen LogP contribution in [0.15, 0.2) is 22.6 Å². The van der Waals surface area contributed by atoms with E-state index in [1.807, 2.05) is 13.0 Å². The zero-order chi connectivity index (χ0) is 21.3. The van der Waals surface area contributed by atoms with Crippen molar-refractivity contribution in [1.29, 1.82) is 0 Å². The molecule has 2 unspecified atom stereocenters. The number of nitrogens with one attached hydrogen (secondary N) is 1. The van der Waals surface area contributed by atoms with Crippen LogP contribution in [-0.2, 0) is 15.3 Å². The lowest BCUT2D eigenvalue weighted by molar-refractivity contribution is -0.130. The van der Waals surface area contributed by atoms with E-state index in [-0.39, 0.29) is 11.9 Å². The normalized spacial score (nSPS) is 12.8. The molecule has 8 heteroatoms. The predicted molar refractivity (Wildman–Crippen MR) is 117 cm³/mol. The third-order valence-corrected chi connectivity index (χ3v) is 5.61. The van der Waals surface area contributed by atoms with Gasteiger partial charge in [-0.3, -0.25) is 9.69 Å². The summed E-state index contributed by atoms with van der Waals surface area (Å²) in [4.78, 5) is 14.9. The Bertz CT molecular complexity index is 814. The zero-order valence-corrected chi connectivity index (χ0v) is 19.0. The lowest BCUT2D eigenvalue weighted by Gasteiger charge is -2.32. The molecule has 1 N–H and O–H groups in total. The number of carbonyl (C=O) groups excluding carboxylic acids is 1. The second-order valence-electron chi connectivity index (χ2n) is 7.04. The van der Waals surface area contributed by atoms with Gasteiger partial charge in [0.05, 0.1) is 11.6 Å². The van der Waals surface area contributed by atoms with Crippen molar-refractivity contribution in [3.05, 3.63) is 29.3 Å². The molecule has 0 radical (unpaired) electrons. The summed E-state index contributed by atoms with van der Waals surface area (Å²) in [6, 6.07) is 5.24. The number of benzene rings is 1. The van der Waals surface area contributed by atoms with Gasteiger partial charge in [-0.25, -0.2) is 0 Å². The third-order valence-electron chi connectivity index (χ3n) is 4.86. The van der Waals surface area contributed by atoms with Crippen molar-refractivity contribution < 1.29 is 13.2 Å². The molecule has 0 spiro atoms. The third kappa shape index (κ3) is 6.98. The van der Waals surface area contributed by atoms with E-state index < -0.39 is 16.4 Å². The highest BCUT2D eigenvalue weighted by Gasteiger charge is 2.28. The average Bonchev–Trinajstić information content (AvgIpc) is 2.65. The minimum Gasteiger partial charge on any atom is -0.365 e. The Balaban J connectivity index is 3.08. The number of hydrogen-bond acceptors (Lipinski definition) is 5. The summed E-state index contributed by atoms with van der Waals surface area (Å²) in [6.45, 7) is 7.76. The monoisotopic (exact) mass is 425 g/mol. The zero-order valence-electron chi connectivity index (χ0n) is 17.4. The summed E-state index contributed by atoms with van der Waals surface area (Å²) in [7, 11) is -0.829. The molecule has 156 valence electrons. The predicted octanol–water partition coefficient (Wildman–Crippen LogP) is 4.48. The minimum atomic E-state index is -2.54. The topological polar surface area (TPSA) is 78.8 Å². The number of nitrogens with zero attached hydrogens (tertiary/aromatic N) is 2. The van der Waals surface area contributed by atoms with Crippen molar-refractivity contribution in [1.82, 2.24) is 10.2 Å². The van der Waals surface area contributed by atoms with E-state index in [2.05, 4.69) is 16.6 Å². The van der Waals surface area contributed by atoms with Gasteiger partial charge in [-0.15, -0.1) is 4.36 Å². The second-order valence-corrected chi connectivity index (χ2v) is 8.04. The fraction of sp³-hybridized carbons (Fsp3) is 0.600. The molecule has 0 fully saturated rings. The molecule has 0 aliphatic rings. The molecule has 2 atom stereocenters. The summed E-state index contributed by atoms with van der Waals surface area (Å²) in [6.07, 6.45) is 5.41. The largest absolute Gasteiger partial charge is 0.365 e. The first kappa shape index (κ1) is 24.2. The molecule has 1 amide bonds. The van der Waals surface area contributed by atoms with Gasteiger partial charge >= 0.3 is 10.5 Å². The van der Waals surface area contributed by atoms with Crippen LogP contribution in [0.1, 0.15) is 69.9 Å². The highest BCUT2D eigenvalue weighted by atomic mass is 32.2. The van der Waals surface area contributed by atoms with Crippen LogP contribution in [0.2, 0.25) is 0 Å². The van der Waals surface area contributed by atoms with Crippen LogP contribution in [-0.4, -0.2) is 37.4 Å². The highest BCUT2D eigenvalue weighted by molar-refractivity contribution is 7.80. The number of thiocarbonyl (C=S) groups is 1. The molecule has 28 heavy (non-hydrogen) atoms. The number of aryl methyl sites for hydroxylation is 1. The number of carbonyl (C=O) groups is 1. The van der Waals surface area contributed by atoms with Crippen LogP contribution < -0.4 is 5.32 Å². The van der Waals surface area contributed by atoms with E-state index >= 15 is 0 Å². The summed E-state index contributed by atoms with van der Waals surface area (Å²) in [5.41, 5.74) is 1.79. The molecule has 6 nitrogen and oxygen atoms in total. The van der Waals surface area contributed by atoms with E-state index in [1.54, 1.807) is 37.9 Å². The molecule has 0 bridgehead atoms. The Kier molecular flexibility index (Phi) is 10.3. The fourth-order valence-electron chi connectivity index (χ4n) is 3.06. The van der Waals surface area contributed by atoms with E-state index in [0.717, 1.165) is 31.2 Å². The molecule has 0 aliphatic carbocycles. The summed E-state index contributed by atoms with van der Waals surface area (Å²) in [5.74, 6) is -0.584. The Hall–Kier alpha value is -1.80. The van der Waals surface area contributed by atoms with Crippen molar-refractivity contribution in [2.75, 3.05) is 7.05 Å². The first-order valence-electron chi connectivity index (χ1n) is 9.69.